The molecular formula is C45H63N5O7. The van der Waals surface area contributed by atoms with Gasteiger partial charge in [-0.1, -0.05) is 69.5 Å². The SMILES string of the molecule is C=CCC[C@H](NC(=O)[C@@H]1[C@@H]2[C@H](CN1C(=O)[C@@H](NC(=O)NC13CC4CC(CC(C4)C1)C3)C1CCCCC1)C2(C)C)C(=O)C(=O)NCC(=O)OC(C)(C)c1ccccc1. The number of ketones is 1. The number of urea groups is 1. The van der Waals surface area contributed by atoms with Crippen molar-refractivity contribution >= 4 is 35.5 Å². The van der Waals surface area contributed by atoms with Crippen LogP contribution in [0, 0.1) is 40.9 Å². The molecule has 5 amide bonds. The maximum absolute atomic E-state index is 14.8. The van der Waals surface area contributed by atoms with Crippen molar-refractivity contribution in [2.45, 2.75) is 140 Å². The first-order chi connectivity index (χ1) is 27.1. The largest absolute Gasteiger partial charge is 0.453 e. The van der Waals surface area contributed by atoms with Gasteiger partial charge in [-0.05, 0) is 125 Å². The summed E-state index contributed by atoms with van der Waals surface area (Å²) in [6.07, 6.45) is 13.5. The predicted octanol–water partition coefficient (Wildman–Crippen LogP) is 5.30. The first-order valence-electron chi connectivity index (χ1n) is 21.5. The van der Waals surface area contributed by atoms with Crippen molar-refractivity contribution in [1.29, 1.82) is 0 Å². The molecule has 6 aliphatic carbocycles. The Morgan fingerprint density at radius 1 is 0.930 bits per heavy atom. The van der Waals surface area contributed by atoms with Gasteiger partial charge in [0, 0.05) is 12.1 Å². The van der Waals surface area contributed by atoms with Crippen LogP contribution >= 0.6 is 0 Å². The fourth-order valence-electron chi connectivity index (χ4n) is 11.9. The van der Waals surface area contributed by atoms with Crippen LogP contribution in [0.4, 0.5) is 4.79 Å². The number of nitrogens with one attached hydrogen (secondary N) is 4. The van der Waals surface area contributed by atoms with E-state index in [0.717, 1.165) is 56.9 Å². The minimum absolute atomic E-state index is 0.0439. The van der Waals surface area contributed by atoms with Gasteiger partial charge in [-0.15, -0.1) is 6.58 Å². The molecule has 1 aliphatic heterocycles. The maximum atomic E-state index is 14.8. The lowest BCUT2D eigenvalue weighted by atomic mass is 9.53. The van der Waals surface area contributed by atoms with E-state index < -0.39 is 53.8 Å². The van der Waals surface area contributed by atoms with E-state index in [4.69, 9.17) is 4.74 Å². The molecular weight excluding hydrogens is 723 g/mol. The summed E-state index contributed by atoms with van der Waals surface area (Å²) in [5, 5.41) is 11.8. The molecule has 1 saturated heterocycles. The molecule has 4 bridgehead atoms. The molecule has 7 aliphatic rings. The summed E-state index contributed by atoms with van der Waals surface area (Å²) in [7, 11) is 0. The summed E-state index contributed by atoms with van der Waals surface area (Å²) in [5.41, 5.74) is -0.598. The standard InChI is InChI=1S/C45H63N5O7/c1-6-7-18-33(38(52)40(54)46-25-34(51)57-44(4,5)31-16-12-9-13-17-31)47-39(53)37-35-32(43(35,2)3)26-50(37)41(55)36(30-14-10-8-11-15-30)48-42(56)49-45-22-27-19-28(23-45)21-29(20-27)24-45/h6,9,12-13,16-17,27-30,32-33,35-37H,1,7-8,10-11,14-15,18-26H2,2-5H3,(H,46,54)(H,47,53)(H2,48,49,56)/t27?,28?,29?,32-,33-,35-,36-,37-,45?/m0/s1. The number of esters is 1. The van der Waals surface area contributed by atoms with Crippen LogP contribution in [0.1, 0.15) is 117 Å². The number of rotatable bonds is 15. The molecule has 0 radical (unpaired) electrons. The van der Waals surface area contributed by atoms with E-state index in [9.17, 15) is 28.8 Å². The van der Waals surface area contributed by atoms with Crippen LogP contribution < -0.4 is 21.3 Å². The molecule has 6 saturated carbocycles. The number of piperidine rings is 1. The van der Waals surface area contributed by atoms with Gasteiger partial charge < -0.3 is 30.9 Å². The number of amides is 5. The summed E-state index contributed by atoms with van der Waals surface area (Å²) < 4.78 is 5.61. The third kappa shape index (κ3) is 8.65. The molecule has 310 valence electrons. The van der Waals surface area contributed by atoms with Gasteiger partial charge in [0.1, 0.15) is 24.2 Å². The molecule has 8 rings (SSSR count). The van der Waals surface area contributed by atoms with Crippen LogP contribution in [0.15, 0.2) is 43.0 Å². The molecule has 57 heavy (non-hydrogen) atoms. The Balaban J connectivity index is 1.02. The molecule has 0 aromatic heterocycles. The van der Waals surface area contributed by atoms with Gasteiger partial charge in [-0.3, -0.25) is 24.0 Å². The number of benzene rings is 1. The van der Waals surface area contributed by atoms with E-state index in [1.165, 1.54) is 19.3 Å². The highest BCUT2D eigenvalue weighted by atomic mass is 16.6. The number of carbonyl (C=O) groups is 6. The number of ether oxygens (including phenoxy) is 1. The fourth-order valence-corrected chi connectivity index (χ4v) is 11.9. The number of hydrogen-bond donors (Lipinski definition) is 4. The van der Waals surface area contributed by atoms with E-state index in [-0.39, 0.29) is 47.1 Å². The number of hydrogen-bond acceptors (Lipinski definition) is 7. The smallest absolute Gasteiger partial charge is 0.326 e. The van der Waals surface area contributed by atoms with E-state index >= 15 is 0 Å². The van der Waals surface area contributed by atoms with Crippen molar-refractivity contribution in [3.63, 3.8) is 0 Å². The molecule has 4 N–H and O–H groups in total. The van der Waals surface area contributed by atoms with Crippen molar-refractivity contribution in [2.24, 2.45) is 40.9 Å². The molecule has 12 heteroatoms. The third-order valence-corrected chi connectivity index (χ3v) is 14.6. The Kier molecular flexibility index (Phi) is 11.6. The number of fused-ring (bicyclic) bond motifs is 1. The van der Waals surface area contributed by atoms with Gasteiger partial charge in [0.05, 0.1) is 6.04 Å². The minimum Gasteiger partial charge on any atom is -0.453 e. The van der Waals surface area contributed by atoms with E-state index in [1.807, 2.05) is 30.3 Å². The molecule has 1 aromatic rings. The van der Waals surface area contributed by atoms with Crippen molar-refractivity contribution in [1.82, 2.24) is 26.2 Å². The van der Waals surface area contributed by atoms with Crippen LogP contribution in [0.25, 0.3) is 0 Å². The lowest BCUT2D eigenvalue weighted by Crippen LogP contribution is -2.64. The number of likely N-dealkylation sites (tertiary alicyclic amines) is 1. The highest BCUT2D eigenvalue weighted by Gasteiger charge is 2.70. The second kappa shape index (κ2) is 16.2. The Labute approximate surface area is 337 Å². The van der Waals surface area contributed by atoms with Gasteiger partial charge in [0.15, 0.2) is 0 Å². The Morgan fingerprint density at radius 3 is 2.18 bits per heavy atom. The second-order valence-electron chi connectivity index (χ2n) is 19.4. The molecule has 0 spiro atoms. The van der Waals surface area contributed by atoms with Crippen molar-refractivity contribution in [3.8, 4) is 0 Å². The molecule has 0 unspecified atom stereocenters. The normalized spacial score (nSPS) is 30.6. The van der Waals surface area contributed by atoms with E-state index in [1.54, 1.807) is 24.8 Å². The van der Waals surface area contributed by atoms with Crippen LogP contribution in [0.3, 0.4) is 0 Å². The monoisotopic (exact) mass is 785 g/mol. The lowest BCUT2D eigenvalue weighted by molar-refractivity contribution is -0.157. The third-order valence-electron chi connectivity index (χ3n) is 14.6. The first kappa shape index (κ1) is 41.0. The van der Waals surface area contributed by atoms with Gasteiger partial charge in [0.2, 0.25) is 17.6 Å². The van der Waals surface area contributed by atoms with Gasteiger partial charge in [0.25, 0.3) is 5.91 Å². The van der Waals surface area contributed by atoms with Gasteiger partial charge in [-0.25, -0.2) is 4.79 Å². The van der Waals surface area contributed by atoms with Crippen molar-refractivity contribution < 1.29 is 33.5 Å². The average molecular weight is 786 g/mol. The summed E-state index contributed by atoms with van der Waals surface area (Å²) in [5.74, 6) is -1.50. The second-order valence-corrected chi connectivity index (χ2v) is 19.4. The summed E-state index contributed by atoms with van der Waals surface area (Å²) in [6, 6.07) is 6.06. The zero-order valence-corrected chi connectivity index (χ0v) is 34.3. The summed E-state index contributed by atoms with van der Waals surface area (Å²) in [4.78, 5) is 84.3. The van der Waals surface area contributed by atoms with Crippen LogP contribution in [-0.2, 0) is 34.3 Å². The highest BCUT2D eigenvalue weighted by Crippen LogP contribution is 2.65. The molecule has 1 heterocycles. The number of carbonyl (C=O) groups excluding carboxylic acids is 6. The van der Waals surface area contributed by atoms with Crippen LogP contribution in [0.5, 0.6) is 0 Å². The zero-order valence-electron chi connectivity index (χ0n) is 34.3. The molecule has 5 atom stereocenters. The number of allylic oxidation sites excluding steroid dienone is 1. The Hall–Kier alpha value is -4.22. The predicted molar refractivity (Wildman–Crippen MR) is 214 cm³/mol. The molecule has 7 fully saturated rings. The van der Waals surface area contributed by atoms with Crippen molar-refractivity contribution in [3.05, 3.63) is 48.6 Å². The first-order valence-corrected chi connectivity index (χ1v) is 21.5. The topological polar surface area (TPSA) is 163 Å². The molecule has 12 nitrogen and oxygen atoms in total. The number of nitrogens with zero attached hydrogens (tertiary/aromatic N) is 1. The highest BCUT2D eigenvalue weighted by molar-refractivity contribution is 6.38. The van der Waals surface area contributed by atoms with Crippen LogP contribution in [0.2, 0.25) is 0 Å². The number of Topliss-reactive ketones (excluding diaryl/α,β-unsaturated/α-hetero) is 1. The van der Waals surface area contributed by atoms with E-state index in [0.29, 0.717) is 30.7 Å². The molecule has 1 aromatic carbocycles. The lowest BCUT2D eigenvalue weighted by Gasteiger charge is -2.56. The Bertz CT molecular complexity index is 1700. The maximum Gasteiger partial charge on any atom is 0.326 e. The fraction of sp³-hybridized carbons (Fsp3) is 0.689. The van der Waals surface area contributed by atoms with Gasteiger partial charge >= 0.3 is 12.0 Å². The zero-order chi connectivity index (χ0) is 40.7. The quantitative estimate of drug-likeness (QED) is 0.107. The van der Waals surface area contributed by atoms with Crippen molar-refractivity contribution in [2.75, 3.05) is 13.1 Å². The van der Waals surface area contributed by atoms with Crippen LogP contribution in [-0.4, -0.2) is 77.2 Å². The summed E-state index contributed by atoms with van der Waals surface area (Å²) in [6.45, 7) is 11.3. The minimum atomic E-state index is -1.21. The van der Waals surface area contributed by atoms with E-state index in [2.05, 4.69) is 41.7 Å². The average Bonchev–Trinajstić information content (AvgIpc) is 3.46. The van der Waals surface area contributed by atoms with Gasteiger partial charge in [-0.2, -0.15) is 0 Å². The Morgan fingerprint density at radius 2 is 1.56 bits per heavy atom. The summed E-state index contributed by atoms with van der Waals surface area (Å²) >= 11 is 0.